The van der Waals surface area contributed by atoms with Gasteiger partial charge in [-0.15, -0.1) is 5.10 Å². The van der Waals surface area contributed by atoms with E-state index in [1.165, 1.54) is 7.11 Å². The molecule has 2 aliphatic rings. The molecule has 8 heteroatoms. The van der Waals surface area contributed by atoms with E-state index in [0.29, 0.717) is 24.6 Å². The van der Waals surface area contributed by atoms with Crippen molar-refractivity contribution in [2.24, 2.45) is 11.0 Å². The summed E-state index contributed by atoms with van der Waals surface area (Å²) in [6, 6.07) is 7.02. The number of nitrogens with one attached hydrogen (secondary N) is 1. The standard InChI is InChI=1S/C20H27N3O5/c1-20(2,3)28-19(25)23-11-9-14(10-12-23)17-22-21-16(27-17)13-5-7-15(8-6-13)18(24)26-4/h5-8,14,16,21H,9-12H2,1-4H3. The van der Waals surface area contributed by atoms with E-state index in [9.17, 15) is 9.59 Å². The van der Waals surface area contributed by atoms with Crippen LogP contribution in [0.15, 0.2) is 29.4 Å². The molecule has 3 rings (SSSR count). The first-order valence-electron chi connectivity index (χ1n) is 9.43. The molecule has 0 saturated carbocycles. The van der Waals surface area contributed by atoms with Crippen LogP contribution < -0.4 is 5.43 Å². The predicted octanol–water partition coefficient (Wildman–Crippen LogP) is 3.05. The number of carbonyl (C=O) groups excluding carboxylic acids is 2. The Morgan fingerprint density at radius 3 is 2.39 bits per heavy atom. The molecule has 1 N–H and O–H groups in total. The molecule has 1 aromatic rings. The topological polar surface area (TPSA) is 89.5 Å². The van der Waals surface area contributed by atoms with Crippen molar-refractivity contribution in [3.8, 4) is 0 Å². The molecule has 0 radical (unpaired) electrons. The average Bonchev–Trinajstić information content (AvgIpc) is 3.16. The Balaban J connectivity index is 1.51. The van der Waals surface area contributed by atoms with Crippen molar-refractivity contribution in [3.63, 3.8) is 0 Å². The van der Waals surface area contributed by atoms with Crippen LogP contribution in [0.1, 0.15) is 55.8 Å². The van der Waals surface area contributed by atoms with Crippen LogP contribution in [0, 0.1) is 5.92 Å². The minimum atomic E-state index is -0.493. The van der Waals surface area contributed by atoms with Crippen LogP contribution in [0.4, 0.5) is 4.79 Å². The van der Waals surface area contributed by atoms with Gasteiger partial charge in [0.1, 0.15) is 5.60 Å². The van der Waals surface area contributed by atoms with E-state index in [2.05, 4.69) is 10.5 Å². The highest BCUT2D eigenvalue weighted by atomic mass is 16.6. The Morgan fingerprint density at radius 1 is 1.18 bits per heavy atom. The third kappa shape index (κ3) is 4.74. The van der Waals surface area contributed by atoms with Crippen molar-refractivity contribution >= 4 is 18.0 Å². The molecule has 2 heterocycles. The van der Waals surface area contributed by atoms with Crippen LogP contribution >= 0.6 is 0 Å². The van der Waals surface area contributed by atoms with Crippen molar-refractivity contribution in [3.05, 3.63) is 35.4 Å². The quantitative estimate of drug-likeness (QED) is 0.799. The first-order chi connectivity index (χ1) is 13.3. The van der Waals surface area contributed by atoms with E-state index in [1.807, 2.05) is 32.9 Å². The van der Waals surface area contributed by atoms with Gasteiger partial charge in [-0.2, -0.15) is 0 Å². The average molecular weight is 389 g/mol. The van der Waals surface area contributed by atoms with Gasteiger partial charge in [0.05, 0.1) is 12.7 Å². The molecule has 1 atom stereocenters. The second kappa shape index (κ2) is 8.08. The van der Waals surface area contributed by atoms with Crippen LogP contribution in [-0.2, 0) is 14.2 Å². The second-order valence-corrected chi connectivity index (χ2v) is 7.93. The smallest absolute Gasteiger partial charge is 0.410 e. The molecule has 28 heavy (non-hydrogen) atoms. The molecule has 8 nitrogen and oxygen atoms in total. The summed E-state index contributed by atoms with van der Waals surface area (Å²) in [5, 5.41) is 4.34. The zero-order valence-corrected chi connectivity index (χ0v) is 16.7. The summed E-state index contributed by atoms with van der Waals surface area (Å²) in [5.74, 6) is 0.442. The second-order valence-electron chi connectivity index (χ2n) is 7.93. The lowest BCUT2D eigenvalue weighted by Gasteiger charge is -2.33. The summed E-state index contributed by atoms with van der Waals surface area (Å²) in [6.07, 6.45) is 0.883. The van der Waals surface area contributed by atoms with E-state index in [0.717, 1.165) is 18.4 Å². The van der Waals surface area contributed by atoms with Gasteiger partial charge in [0.25, 0.3) is 0 Å². The lowest BCUT2D eigenvalue weighted by Crippen LogP contribution is -2.43. The molecule has 1 amide bonds. The SMILES string of the molecule is COC(=O)c1ccc(C2NN=C(C3CCN(C(=O)OC(C)(C)C)CC3)O2)cc1. The van der Waals surface area contributed by atoms with E-state index in [4.69, 9.17) is 14.2 Å². The van der Waals surface area contributed by atoms with Gasteiger partial charge in [0.2, 0.25) is 12.1 Å². The molecule has 1 unspecified atom stereocenters. The first-order valence-corrected chi connectivity index (χ1v) is 9.43. The summed E-state index contributed by atoms with van der Waals surface area (Å²) < 4.78 is 16.1. The number of esters is 1. The lowest BCUT2D eigenvalue weighted by atomic mass is 9.97. The number of benzene rings is 1. The van der Waals surface area contributed by atoms with E-state index in [-0.39, 0.29) is 24.2 Å². The van der Waals surface area contributed by atoms with E-state index in [1.54, 1.807) is 17.0 Å². The monoisotopic (exact) mass is 389 g/mol. The minimum absolute atomic E-state index is 0.158. The highest BCUT2D eigenvalue weighted by Crippen LogP contribution is 2.27. The van der Waals surface area contributed by atoms with E-state index < -0.39 is 5.60 Å². The zero-order chi connectivity index (χ0) is 20.3. The van der Waals surface area contributed by atoms with Gasteiger partial charge in [-0.3, -0.25) is 5.43 Å². The Hall–Kier alpha value is -2.77. The Morgan fingerprint density at radius 2 is 1.82 bits per heavy atom. The number of rotatable bonds is 3. The van der Waals surface area contributed by atoms with Gasteiger partial charge >= 0.3 is 12.1 Å². The zero-order valence-electron chi connectivity index (χ0n) is 16.7. The fraction of sp³-hybridized carbons (Fsp3) is 0.550. The van der Waals surface area contributed by atoms with Gasteiger partial charge in [-0.1, -0.05) is 12.1 Å². The summed E-state index contributed by atoms with van der Waals surface area (Å²) in [5.41, 5.74) is 3.86. The van der Waals surface area contributed by atoms with Gasteiger partial charge in [0.15, 0.2) is 0 Å². The van der Waals surface area contributed by atoms with E-state index >= 15 is 0 Å². The Kier molecular flexibility index (Phi) is 5.76. The number of ether oxygens (including phenoxy) is 3. The molecule has 0 spiro atoms. The molecular formula is C20H27N3O5. The number of likely N-dealkylation sites (tertiary alicyclic amines) is 1. The highest BCUT2D eigenvalue weighted by molar-refractivity contribution is 5.89. The molecule has 1 aromatic carbocycles. The molecule has 1 fully saturated rings. The molecule has 0 aromatic heterocycles. The van der Waals surface area contributed by atoms with Crippen molar-refractivity contribution in [1.29, 1.82) is 0 Å². The van der Waals surface area contributed by atoms with Crippen LogP contribution in [0.5, 0.6) is 0 Å². The van der Waals surface area contributed by atoms with Crippen LogP contribution in [-0.4, -0.2) is 48.7 Å². The Labute approximate surface area is 164 Å². The molecular weight excluding hydrogens is 362 g/mol. The number of nitrogens with zero attached hydrogens (tertiary/aromatic N) is 2. The van der Waals surface area contributed by atoms with Crippen LogP contribution in [0.25, 0.3) is 0 Å². The van der Waals surface area contributed by atoms with Crippen LogP contribution in [0.2, 0.25) is 0 Å². The summed E-state index contributed by atoms with van der Waals surface area (Å²) in [7, 11) is 1.35. The summed E-state index contributed by atoms with van der Waals surface area (Å²) >= 11 is 0. The van der Waals surface area contributed by atoms with Gasteiger partial charge in [-0.05, 0) is 45.7 Å². The summed E-state index contributed by atoms with van der Waals surface area (Å²) in [4.78, 5) is 25.4. The van der Waals surface area contributed by atoms with Crippen molar-refractivity contribution < 1.29 is 23.8 Å². The number of amides is 1. The number of methoxy groups -OCH3 is 1. The van der Waals surface area contributed by atoms with Crippen LogP contribution in [0.3, 0.4) is 0 Å². The molecule has 2 aliphatic heterocycles. The molecule has 0 aliphatic carbocycles. The number of piperidine rings is 1. The van der Waals surface area contributed by atoms with Crippen molar-refractivity contribution in [1.82, 2.24) is 10.3 Å². The van der Waals surface area contributed by atoms with Crippen molar-refractivity contribution in [2.45, 2.75) is 45.4 Å². The van der Waals surface area contributed by atoms with Gasteiger partial charge in [0, 0.05) is 24.6 Å². The third-order valence-corrected chi connectivity index (χ3v) is 4.66. The molecule has 152 valence electrons. The highest BCUT2D eigenvalue weighted by Gasteiger charge is 2.33. The number of hydrogen-bond acceptors (Lipinski definition) is 7. The third-order valence-electron chi connectivity index (χ3n) is 4.66. The predicted molar refractivity (Wildman–Crippen MR) is 103 cm³/mol. The number of carbonyl (C=O) groups is 2. The number of hydrogen-bond donors (Lipinski definition) is 1. The lowest BCUT2D eigenvalue weighted by molar-refractivity contribution is 0.0194. The first kappa shape index (κ1) is 20.0. The van der Waals surface area contributed by atoms with Gasteiger partial charge < -0.3 is 19.1 Å². The maximum atomic E-state index is 12.2. The minimum Gasteiger partial charge on any atom is -0.465 e. The fourth-order valence-corrected chi connectivity index (χ4v) is 3.17. The normalized spacial score (nSPS) is 20.1. The molecule has 0 bridgehead atoms. The number of hydrazone groups is 1. The maximum Gasteiger partial charge on any atom is 0.410 e. The fourth-order valence-electron chi connectivity index (χ4n) is 3.17. The van der Waals surface area contributed by atoms with Gasteiger partial charge in [-0.25, -0.2) is 9.59 Å². The van der Waals surface area contributed by atoms with Crippen molar-refractivity contribution in [2.75, 3.05) is 20.2 Å². The molecule has 1 saturated heterocycles. The largest absolute Gasteiger partial charge is 0.465 e. The summed E-state index contributed by atoms with van der Waals surface area (Å²) in [6.45, 7) is 6.81. The Bertz CT molecular complexity index is 746. The maximum absolute atomic E-state index is 12.2.